The Morgan fingerprint density at radius 2 is 1.58 bits per heavy atom. The van der Waals surface area contributed by atoms with Crippen LogP contribution in [0.4, 0.5) is 0 Å². The SMILES string of the molecule is C[C@@H](OC(=O)[C@H](C)N1C(=O)[C@H]2CCCC[C@@H]2C1=O)C(=O)NC1CC1. The van der Waals surface area contributed by atoms with Gasteiger partial charge in [-0.1, -0.05) is 12.8 Å². The summed E-state index contributed by atoms with van der Waals surface area (Å²) in [6, 6.07) is -0.812. The molecule has 0 aromatic heterocycles. The lowest BCUT2D eigenvalue weighted by Gasteiger charge is -2.23. The second-order valence-electron chi connectivity index (χ2n) is 7.08. The highest BCUT2D eigenvalue weighted by atomic mass is 16.5. The normalized spacial score (nSPS) is 29.0. The van der Waals surface area contributed by atoms with Gasteiger partial charge in [-0.2, -0.15) is 0 Å². The topological polar surface area (TPSA) is 92.8 Å². The van der Waals surface area contributed by atoms with Gasteiger partial charge in [-0.25, -0.2) is 4.79 Å². The van der Waals surface area contributed by atoms with Crippen molar-refractivity contribution in [1.82, 2.24) is 10.2 Å². The second kappa shape index (κ2) is 6.53. The van der Waals surface area contributed by atoms with Gasteiger partial charge in [-0.3, -0.25) is 19.3 Å². The van der Waals surface area contributed by atoms with Gasteiger partial charge in [0.1, 0.15) is 6.04 Å². The summed E-state index contributed by atoms with van der Waals surface area (Å²) in [5.41, 5.74) is 0. The van der Waals surface area contributed by atoms with Gasteiger partial charge in [-0.05, 0) is 39.5 Å². The number of esters is 1. The minimum Gasteiger partial charge on any atom is -0.451 e. The Balaban J connectivity index is 1.61. The van der Waals surface area contributed by atoms with Crippen LogP contribution in [0, 0.1) is 11.8 Å². The smallest absolute Gasteiger partial charge is 0.329 e. The highest BCUT2D eigenvalue weighted by molar-refractivity contribution is 6.07. The molecule has 4 atom stereocenters. The van der Waals surface area contributed by atoms with E-state index in [0.717, 1.165) is 30.6 Å². The Kier molecular flexibility index (Phi) is 4.60. The summed E-state index contributed by atoms with van der Waals surface area (Å²) >= 11 is 0. The van der Waals surface area contributed by atoms with Crippen molar-refractivity contribution >= 4 is 23.7 Å². The molecule has 1 N–H and O–H groups in total. The summed E-state index contributed by atoms with van der Waals surface area (Å²) < 4.78 is 5.17. The van der Waals surface area contributed by atoms with E-state index in [2.05, 4.69) is 5.32 Å². The molecule has 0 bridgehead atoms. The highest BCUT2D eigenvalue weighted by Crippen LogP contribution is 2.38. The summed E-state index contributed by atoms with van der Waals surface area (Å²) in [5, 5.41) is 2.76. The molecule has 3 amide bonds. The van der Waals surface area contributed by atoms with Crippen LogP contribution in [0.1, 0.15) is 52.4 Å². The van der Waals surface area contributed by atoms with Gasteiger partial charge in [0.05, 0.1) is 11.8 Å². The fourth-order valence-corrected chi connectivity index (χ4v) is 3.55. The number of rotatable bonds is 5. The van der Waals surface area contributed by atoms with Crippen LogP contribution in [0.25, 0.3) is 0 Å². The molecule has 1 heterocycles. The number of carbonyl (C=O) groups is 4. The van der Waals surface area contributed by atoms with E-state index >= 15 is 0 Å². The molecular formula is C17H24N2O5. The molecule has 0 aromatic carbocycles. The van der Waals surface area contributed by atoms with E-state index in [4.69, 9.17) is 4.74 Å². The molecule has 132 valence electrons. The minimum absolute atomic E-state index is 0.181. The van der Waals surface area contributed by atoms with E-state index in [0.29, 0.717) is 12.8 Å². The number of fused-ring (bicyclic) bond motifs is 1. The van der Waals surface area contributed by atoms with Crippen LogP contribution in [-0.2, 0) is 23.9 Å². The lowest BCUT2D eigenvalue weighted by atomic mass is 9.81. The zero-order valence-corrected chi connectivity index (χ0v) is 14.1. The zero-order valence-electron chi connectivity index (χ0n) is 14.1. The van der Waals surface area contributed by atoms with Crippen LogP contribution in [0.2, 0.25) is 0 Å². The van der Waals surface area contributed by atoms with Crippen molar-refractivity contribution in [2.45, 2.75) is 70.6 Å². The third-order valence-corrected chi connectivity index (χ3v) is 5.19. The van der Waals surface area contributed by atoms with Gasteiger partial charge >= 0.3 is 5.97 Å². The molecule has 24 heavy (non-hydrogen) atoms. The molecule has 1 saturated heterocycles. The lowest BCUT2D eigenvalue weighted by molar-refractivity contribution is -0.164. The summed E-state index contributed by atoms with van der Waals surface area (Å²) in [4.78, 5) is 50.2. The van der Waals surface area contributed by atoms with E-state index in [1.807, 2.05) is 0 Å². The van der Waals surface area contributed by atoms with E-state index in [9.17, 15) is 19.2 Å². The minimum atomic E-state index is -0.994. The number of ether oxygens (including phenoxy) is 1. The molecular weight excluding hydrogens is 312 g/mol. The number of nitrogens with one attached hydrogen (secondary N) is 1. The molecule has 3 fully saturated rings. The second-order valence-corrected chi connectivity index (χ2v) is 7.08. The summed E-state index contributed by atoms with van der Waals surface area (Å²) in [5.74, 6) is -2.19. The van der Waals surface area contributed by atoms with Crippen LogP contribution >= 0.6 is 0 Å². The number of likely N-dealkylation sites (tertiary alicyclic amines) is 1. The summed E-state index contributed by atoms with van der Waals surface area (Å²) in [7, 11) is 0. The van der Waals surface area contributed by atoms with Crippen LogP contribution < -0.4 is 5.32 Å². The van der Waals surface area contributed by atoms with Crippen LogP contribution in [0.3, 0.4) is 0 Å². The maximum absolute atomic E-state index is 12.5. The number of hydrogen-bond donors (Lipinski definition) is 1. The largest absolute Gasteiger partial charge is 0.451 e. The quantitative estimate of drug-likeness (QED) is 0.591. The molecule has 0 spiro atoms. The van der Waals surface area contributed by atoms with Crippen molar-refractivity contribution in [3.8, 4) is 0 Å². The van der Waals surface area contributed by atoms with Gasteiger partial charge in [0.2, 0.25) is 11.8 Å². The molecule has 7 nitrogen and oxygen atoms in total. The Hall–Kier alpha value is -1.92. The Morgan fingerprint density at radius 3 is 2.08 bits per heavy atom. The first-order chi connectivity index (χ1) is 11.4. The average molecular weight is 336 g/mol. The van der Waals surface area contributed by atoms with Crippen molar-refractivity contribution in [2.24, 2.45) is 11.8 Å². The molecule has 2 aliphatic carbocycles. The van der Waals surface area contributed by atoms with Gasteiger partial charge in [0, 0.05) is 6.04 Å². The van der Waals surface area contributed by atoms with E-state index in [1.54, 1.807) is 0 Å². The standard InChI is InChI=1S/C17H24N2O5/c1-9(17(23)24-10(2)14(20)18-11-7-8-11)19-15(21)12-5-3-4-6-13(12)16(19)22/h9-13H,3-8H2,1-2H3,(H,18,20)/t9-,10+,12-,13-/m0/s1. The van der Waals surface area contributed by atoms with E-state index < -0.39 is 18.1 Å². The van der Waals surface area contributed by atoms with Gasteiger partial charge < -0.3 is 10.1 Å². The Bertz CT molecular complexity index is 547. The summed E-state index contributed by atoms with van der Waals surface area (Å²) in [6.45, 7) is 2.98. The van der Waals surface area contributed by atoms with Crippen molar-refractivity contribution in [3.63, 3.8) is 0 Å². The molecule has 1 aliphatic heterocycles. The predicted molar refractivity (Wildman–Crippen MR) is 83.5 cm³/mol. The Morgan fingerprint density at radius 1 is 1.04 bits per heavy atom. The number of nitrogens with zero attached hydrogens (tertiary/aromatic N) is 1. The first kappa shape index (κ1) is 16.9. The number of hydrogen-bond acceptors (Lipinski definition) is 5. The number of imide groups is 1. The van der Waals surface area contributed by atoms with Crippen LogP contribution in [-0.4, -0.2) is 46.8 Å². The Labute approximate surface area is 141 Å². The zero-order chi connectivity index (χ0) is 17.4. The maximum Gasteiger partial charge on any atom is 0.329 e. The van der Waals surface area contributed by atoms with E-state index in [1.165, 1.54) is 13.8 Å². The van der Waals surface area contributed by atoms with Crippen molar-refractivity contribution in [3.05, 3.63) is 0 Å². The molecule has 0 aromatic rings. The molecule has 0 unspecified atom stereocenters. The number of amides is 3. The van der Waals surface area contributed by atoms with Crippen LogP contribution in [0.5, 0.6) is 0 Å². The lowest BCUT2D eigenvalue weighted by Crippen LogP contribution is -2.46. The fourth-order valence-electron chi connectivity index (χ4n) is 3.55. The van der Waals surface area contributed by atoms with Crippen molar-refractivity contribution in [2.75, 3.05) is 0 Å². The van der Waals surface area contributed by atoms with Crippen molar-refractivity contribution < 1.29 is 23.9 Å². The van der Waals surface area contributed by atoms with Gasteiger partial charge in [0.25, 0.3) is 5.91 Å². The van der Waals surface area contributed by atoms with Gasteiger partial charge in [-0.15, -0.1) is 0 Å². The molecule has 3 aliphatic rings. The maximum atomic E-state index is 12.5. The van der Waals surface area contributed by atoms with Gasteiger partial charge in [0.15, 0.2) is 6.10 Å². The fraction of sp³-hybridized carbons (Fsp3) is 0.765. The predicted octanol–water partition coefficient (Wildman–Crippen LogP) is 0.760. The third-order valence-electron chi connectivity index (χ3n) is 5.19. The monoisotopic (exact) mass is 336 g/mol. The molecule has 2 saturated carbocycles. The number of carbonyl (C=O) groups excluding carboxylic acids is 4. The summed E-state index contributed by atoms with van der Waals surface area (Å²) in [6.07, 6.45) is 4.23. The average Bonchev–Trinajstić information content (AvgIpc) is 3.34. The highest BCUT2D eigenvalue weighted by Gasteiger charge is 2.51. The first-order valence-corrected chi connectivity index (χ1v) is 8.78. The first-order valence-electron chi connectivity index (χ1n) is 8.78. The van der Waals surface area contributed by atoms with E-state index in [-0.39, 0.29) is 35.6 Å². The third kappa shape index (κ3) is 3.16. The molecule has 0 radical (unpaired) electrons. The molecule has 7 heteroatoms. The van der Waals surface area contributed by atoms with Crippen LogP contribution in [0.15, 0.2) is 0 Å². The van der Waals surface area contributed by atoms with Crippen molar-refractivity contribution in [1.29, 1.82) is 0 Å². The molecule has 3 rings (SSSR count).